The summed E-state index contributed by atoms with van der Waals surface area (Å²) in [7, 11) is 2.00. The van der Waals surface area contributed by atoms with E-state index in [9.17, 15) is 4.79 Å². The number of carbonyl (C=O) groups excluding carboxylic acids is 1. The second-order valence-corrected chi connectivity index (χ2v) is 4.30. The normalized spacial score (nSPS) is 12.8. The fraction of sp³-hybridized carbons (Fsp3) is 0.917. The lowest BCUT2D eigenvalue weighted by Crippen LogP contribution is -2.43. The first-order chi connectivity index (χ1) is 7.63. The van der Waals surface area contributed by atoms with Gasteiger partial charge in [0.25, 0.3) is 0 Å². The number of nitrogens with one attached hydrogen (secondary N) is 1. The van der Waals surface area contributed by atoms with Crippen LogP contribution in [0.25, 0.3) is 0 Å². The van der Waals surface area contributed by atoms with Gasteiger partial charge in [-0.25, -0.2) is 0 Å². The molecule has 0 aliphatic heterocycles. The van der Waals surface area contributed by atoms with Crippen molar-refractivity contribution in [1.82, 2.24) is 10.2 Å². The van der Waals surface area contributed by atoms with Gasteiger partial charge in [-0.05, 0) is 46.3 Å². The molecule has 0 fully saturated rings. The molecule has 1 unspecified atom stereocenters. The molecule has 0 heterocycles. The van der Waals surface area contributed by atoms with Gasteiger partial charge < -0.3 is 11.1 Å². The molecule has 4 nitrogen and oxygen atoms in total. The predicted octanol–water partition coefficient (Wildman–Crippen LogP) is 0.962. The molecule has 0 saturated heterocycles. The minimum absolute atomic E-state index is 0.0376. The Kier molecular flexibility index (Phi) is 9.24. The largest absolute Gasteiger partial charge is 0.355 e. The molecule has 4 heteroatoms. The maximum absolute atomic E-state index is 11.7. The van der Waals surface area contributed by atoms with E-state index >= 15 is 0 Å². The molecule has 0 spiro atoms. The Morgan fingerprint density at radius 1 is 1.38 bits per heavy atom. The standard InChI is InChI=1S/C12H27N3O/c1-4-9-14-12(16)11(2)15(3)10-7-5-6-8-13/h11H,4-10,13H2,1-3H3,(H,14,16). The summed E-state index contributed by atoms with van der Waals surface area (Å²) < 4.78 is 0. The molecule has 0 aromatic heterocycles. The quantitative estimate of drug-likeness (QED) is 0.579. The summed E-state index contributed by atoms with van der Waals surface area (Å²) >= 11 is 0. The molecular weight excluding hydrogens is 202 g/mol. The van der Waals surface area contributed by atoms with Gasteiger partial charge in [0.15, 0.2) is 0 Å². The number of hydrogen-bond donors (Lipinski definition) is 2. The molecule has 1 amide bonds. The van der Waals surface area contributed by atoms with Crippen molar-refractivity contribution in [1.29, 1.82) is 0 Å². The third-order valence-electron chi connectivity index (χ3n) is 2.80. The average molecular weight is 229 g/mol. The highest BCUT2D eigenvalue weighted by molar-refractivity contribution is 5.81. The van der Waals surface area contributed by atoms with Gasteiger partial charge in [0, 0.05) is 6.54 Å². The first-order valence-electron chi connectivity index (χ1n) is 6.31. The van der Waals surface area contributed by atoms with Gasteiger partial charge in [-0.1, -0.05) is 13.3 Å². The first-order valence-corrected chi connectivity index (χ1v) is 6.31. The summed E-state index contributed by atoms with van der Waals surface area (Å²) in [4.78, 5) is 13.8. The molecule has 0 aliphatic rings. The van der Waals surface area contributed by atoms with Gasteiger partial charge in [-0.3, -0.25) is 9.69 Å². The number of rotatable bonds is 9. The minimum atomic E-state index is -0.0376. The number of unbranched alkanes of at least 4 members (excludes halogenated alkanes) is 2. The Bertz CT molecular complexity index is 185. The van der Waals surface area contributed by atoms with E-state index in [1.54, 1.807) is 0 Å². The van der Waals surface area contributed by atoms with E-state index in [0.717, 1.165) is 45.3 Å². The minimum Gasteiger partial charge on any atom is -0.355 e. The number of likely N-dealkylation sites (N-methyl/N-ethyl adjacent to an activating group) is 1. The molecule has 0 aliphatic carbocycles. The molecule has 96 valence electrons. The maximum atomic E-state index is 11.7. The van der Waals surface area contributed by atoms with Crippen molar-refractivity contribution in [3.63, 3.8) is 0 Å². The van der Waals surface area contributed by atoms with Gasteiger partial charge in [0.05, 0.1) is 6.04 Å². The summed E-state index contributed by atoms with van der Waals surface area (Å²) in [6, 6.07) is -0.0376. The van der Waals surface area contributed by atoms with Crippen molar-refractivity contribution in [3.8, 4) is 0 Å². The topological polar surface area (TPSA) is 58.4 Å². The Labute approximate surface area is 99.6 Å². The molecule has 0 saturated carbocycles. The van der Waals surface area contributed by atoms with Crippen molar-refractivity contribution < 1.29 is 4.79 Å². The van der Waals surface area contributed by atoms with Crippen molar-refractivity contribution >= 4 is 5.91 Å². The third-order valence-corrected chi connectivity index (χ3v) is 2.80. The van der Waals surface area contributed by atoms with Gasteiger partial charge in [0.1, 0.15) is 0 Å². The van der Waals surface area contributed by atoms with Gasteiger partial charge in [-0.2, -0.15) is 0 Å². The lowest BCUT2D eigenvalue weighted by molar-refractivity contribution is -0.125. The van der Waals surface area contributed by atoms with E-state index in [4.69, 9.17) is 5.73 Å². The summed E-state index contributed by atoms with van der Waals surface area (Å²) in [6.45, 7) is 6.50. The van der Waals surface area contributed by atoms with Gasteiger partial charge >= 0.3 is 0 Å². The first kappa shape index (κ1) is 15.4. The molecule has 0 radical (unpaired) electrons. The Morgan fingerprint density at radius 3 is 2.62 bits per heavy atom. The molecule has 0 rings (SSSR count). The van der Waals surface area contributed by atoms with Crippen LogP contribution in [0.15, 0.2) is 0 Å². The zero-order valence-electron chi connectivity index (χ0n) is 11.0. The van der Waals surface area contributed by atoms with Crippen LogP contribution in [0.2, 0.25) is 0 Å². The highest BCUT2D eigenvalue weighted by Gasteiger charge is 2.16. The van der Waals surface area contributed by atoms with Crippen LogP contribution in [0.5, 0.6) is 0 Å². The molecule has 1 atom stereocenters. The third kappa shape index (κ3) is 6.80. The zero-order chi connectivity index (χ0) is 12.4. The van der Waals surface area contributed by atoms with E-state index in [1.807, 2.05) is 14.0 Å². The second kappa shape index (κ2) is 9.60. The summed E-state index contributed by atoms with van der Waals surface area (Å²) in [6.07, 6.45) is 4.31. The lowest BCUT2D eigenvalue weighted by Gasteiger charge is -2.23. The Hall–Kier alpha value is -0.610. The molecule has 0 bridgehead atoms. The van der Waals surface area contributed by atoms with E-state index < -0.39 is 0 Å². The number of hydrogen-bond acceptors (Lipinski definition) is 3. The average Bonchev–Trinajstić information content (AvgIpc) is 2.30. The summed E-state index contributed by atoms with van der Waals surface area (Å²) in [5.74, 6) is 0.128. The maximum Gasteiger partial charge on any atom is 0.237 e. The van der Waals surface area contributed by atoms with Crippen LogP contribution in [-0.4, -0.2) is 43.5 Å². The van der Waals surface area contributed by atoms with E-state index in [1.165, 1.54) is 0 Å². The second-order valence-electron chi connectivity index (χ2n) is 4.30. The lowest BCUT2D eigenvalue weighted by atomic mass is 10.2. The van der Waals surface area contributed by atoms with Crippen LogP contribution in [0.3, 0.4) is 0 Å². The molecule has 16 heavy (non-hydrogen) atoms. The predicted molar refractivity (Wildman–Crippen MR) is 68.3 cm³/mol. The molecule has 3 N–H and O–H groups in total. The van der Waals surface area contributed by atoms with E-state index in [-0.39, 0.29) is 11.9 Å². The molecule has 0 aromatic carbocycles. The highest BCUT2D eigenvalue weighted by atomic mass is 16.2. The van der Waals surface area contributed by atoms with Crippen molar-refractivity contribution in [2.24, 2.45) is 5.73 Å². The SMILES string of the molecule is CCCNC(=O)C(C)N(C)CCCCCN. The zero-order valence-corrected chi connectivity index (χ0v) is 11.0. The number of carbonyl (C=O) groups is 1. The Balaban J connectivity index is 3.70. The molecule has 0 aromatic rings. The van der Waals surface area contributed by atoms with Crippen LogP contribution in [0.1, 0.15) is 39.5 Å². The van der Waals surface area contributed by atoms with Crippen molar-refractivity contribution in [2.75, 3.05) is 26.7 Å². The fourth-order valence-electron chi connectivity index (χ4n) is 1.47. The highest BCUT2D eigenvalue weighted by Crippen LogP contribution is 2.01. The van der Waals surface area contributed by atoms with Crippen LogP contribution < -0.4 is 11.1 Å². The van der Waals surface area contributed by atoms with Gasteiger partial charge in [0.2, 0.25) is 5.91 Å². The van der Waals surface area contributed by atoms with Crippen LogP contribution in [0, 0.1) is 0 Å². The number of nitrogens with zero attached hydrogens (tertiary/aromatic N) is 1. The smallest absolute Gasteiger partial charge is 0.237 e. The van der Waals surface area contributed by atoms with Crippen LogP contribution in [-0.2, 0) is 4.79 Å². The van der Waals surface area contributed by atoms with Crippen LogP contribution in [0.4, 0.5) is 0 Å². The number of amides is 1. The van der Waals surface area contributed by atoms with Crippen LogP contribution >= 0.6 is 0 Å². The monoisotopic (exact) mass is 229 g/mol. The van der Waals surface area contributed by atoms with Gasteiger partial charge in [-0.15, -0.1) is 0 Å². The Morgan fingerprint density at radius 2 is 2.06 bits per heavy atom. The fourth-order valence-corrected chi connectivity index (χ4v) is 1.47. The molecular formula is C12H27N3O. The van der Waals surface area contributed by atoms with E-state index in [2.05, 4.69) is 17.1 Å². The van der Waals surface area contributed by atoms with Crippen molar-refractivity contribution in [3.05, 3.63) is 0 Å². The summed E-state index contributed by atoms with van der Waals surface area (Å²) in [5, 5.41) is 2.91. The van der Waals surface area contributed by atoms with E-state index in [0.29, 0.717) is 0 Å². The number of nitrogens with two attached hydrogens (primary N) is 1. The van der Waals surface area contributed by atoms with Crippen molar-refractivity contribution in [2.45, 2.75) is 45.6 Å². The summed E-state index contributed by atoms with van der Waals surface area (Å²) in [5.41, 5.74) is 5.43.